The largest absolute Gasteiger partial charge is 0.350 e. The van der Waals surface area contributed by atoms with Crippen LogP contribution >= 0.6 is 0 Å². The fourth-order valence-electron chi connectivity index (χ4n) is 2.27. The van der Waals surface area contributed by atoms with E-state index in [-0.39, 0.29) is 11.4 Å². The molecule has 1 amide bonds. The smallest absolute Gasteiger partial charge is 0.220 e. The first-order chi connectivity index (χ1) is 8.95. The molecule has 4 nitrogen and oxygen atoms in total. The third-order valence-electron chi connectivity index (χ3n) is 3.08. The van der Waals surface area contributed by atoms with Gasteiger partial charge in [-0.1, -0.05) is 19.9 Å². The predicted octanol–water partition coefficient (Wildman–Crippen LogP) is 1.89. The number of pyridine rings is 1. The van der Waals surface area contributed by atoms with E-state index < -0.39 is 0 Å². The van der Waals surface area contributed by atoms with Gasteiger partial charge in [0.15, 0.2) is 0 Å². The Morgan fingerprint density at radius 1 is 1.47 bits per heavy atom. The SMILES string of the molecule is CC(C)CC(C)(CN)NC(=O)CCc1ccccn1. The molecule has 0 fully saturated rings. The summed E-state index contributed by atoms with van der Waals surface area (Å²) >= 11 is 0. The van der Waals surface area contributed by atoms with Crippen LogP contribution in [0.4, 0.5) is 0 Å². The lowest BCUT2D eigenvalue weighted by Gasteiger charge is -2.31. The molecule has 0 spiro atoms. The monoisotopic (exact) mass is 263 g/mol. The van der Waals surface area contributed by atoms with Crippen molar-refractivity contribution in [1.82, 2.24) is 10.3 Å². The minimum absolute atomic E-state index is 0.0410. The van der Waals surface area contributed by atoms with Gasteiger partial charge in [-0.05, 0) is 37.8 Å². The van der Waals surface area contributed by atoms with E-state index in [1.54, 1.807) is 6.20 Å². The second kappa shape index (κ2) is 7.24. The van der Waals surface area contributed by atoms with Crippen LogP contribution in [0.2, 0.25) is 0 Å². The van der Waals surface area contributed by atoms with Crippen molar-refractivity contribution < 1.29 is 4.79 Å². The van der Waals surface area contributed by atoms with E-state index in [1.807, 2.05) is 25.1 Å². The van der Waals surface area contributed by atoms with Crippen LogP contribution in [0.5, 0.6) is 0 Å². The number of hydrogen-bond acceptors (Lipinski definition) is 3. The summed E-state index contributed by atoms with van der Waals surface area (Å²) in [7, 11) is 0. The van der Waals surface area contributed by atoms with Crippen molar-refractivity contribution in [2.24, 2.45) is 11.7 Å². The third-order valence-corrected chi connectivity index (χ3v) is 3.08. The van der Waals surface area contributed by atoms with Crippen LogP contribution in [0.1, 0.15) is 39.3 Å². The van der Waals surface area contributed by atoms with E-state index in [1.165, 1.54) is 0 Å². The molecule has 3 N–H and O–H groups in total. The normalized spacial score (nSPS) is 14.2. The first-order valence-electron chi connectivity index (χ1n) is 6.86. The number of amides is 1. The lowest BCUT2D eigenvalue weighted by molar-refractivity contribution is -0.122. The lowest BCUT2D eigenvalue weighted by Crippen LogP contribution is -2.52. The van der Waals surface area contributed by atoms with Crippen LogP contribution < -0.4 is 11.1 Å². The van der Waals surface area contributed by atoms with Crippen LogP contribution in [0.3, 0.4) is 0 Å². The van der Waals surface area contributed by atoms with Crippen molar-refractivity contribution in [3.8, 4) is 0 Å². The van der Waals surface area contributed by atoms with E-state index in [4.69, 9.17) is 5.73 Å². The van der Waals surface area contributed by atoms with Gasteiger partial charge in [-0.2, -0.15) is 0 Å². The zero-order valence-corrected chi connectivity index (χ0v) is 12.1. The average molecular weight is 263 g/mol. The van der Waals surface area contributed by atoms with Crippen molar-refractivity contribution in [3.05, 3.63) is 30.1 Å². The minimum Gasteiger partial charge on any atom is -0.350 e. The van der Waals surface area contributed by atoms with Gasteiger partial charge < -0.3 is 11.1 Å². The Kier molecular flexibility index (Phi) is 5.96. The van der Waals surface area contributed by atoms with Gasteiger partial charge in [0.25, 0.3) is 0 Å². The fourth-order valence-corrected chi connectivity index (χ4v) is 2.27. The van der Waals surface area contributed by atoms with Crippen LogP contribution in [-0.4, -0.2) is 23.0 Å². The first kappa shape index (κ1) is 15.6. The summed E-state index contributed by atoms with van der Waals surface area (Å²) in [4.78, 5) is 16.2. The highest BCUT2D eigenvalue weighted by Gasteiger charge is 2.25. The summed E-state index contributed by atoms with van der Waals surface area (Å²) in [6.07, 6.45) is 3.74. The standard InChI is InChI=1S/C15H25N3O/c1-12(2)10-15(3,11-16)18-14(19)8-7-13-6-4-5-9-17-13/h4-6,9,12H,7-8,10-11,16H2,1-3H3,(H,18,19). The van der Waals surface area contributed by atoms with E-state index in [0.717, 1.165) is 12.1 Å². The molecule has 1 heterocycles. The Labute approximate surface area is 115 Å². The number of nitrogens with one attached hydrogen (secondary N) is 1. The Bertz CT molecular complexity index is 392. The molecule has 0 saturated heterocycles. The van der Waals surface area contributed by atoms with Gasteiger partial charge in [0.05, 0.1) is 0 Å². The van der Waals surface area contributed by atoms with E-state index >= 15 is 0 Å². The number of hydrogen-bond donors (Lipinski definition) is 2. The number of carbonyl (C=O) groups is 1. The molecule has 1 aromatic heterocycles. The summed E-state index contributed by atoms with van der Waals surface area (Å²) in [5.41, 5.74) is 6.41. The first-order valence-corrected chi connectivity index (χ1v) is 6.86. The summed E-state index contributed by atoms with van der Waals surface area (Å²) in [6.45, 7) is 6.73. The average Bonchev–Trinajstić information content (AvgIpc) is 2.36. The molecule has 1 atom stereocenters. The summed E-state index contributed by atoms with van der Waals surface area (Å²) in [6, 6.07) is 5.74. The van der Waals surface area contributed by atoms with Crippen LogP contribution in [0.25, 0.3) is 0 Å². The van der Waals surface area contributed by atoms with Gasteiger partial charge in [-0.25, -0.2) is 0 Å². The van der Waals surface area contributed by atoms with E-state index in [0.29, 0.717) is 25.3 Å². The number of aromatic nitrogens is 1. The molecular formula is C15H25N3O. The molecule has 0 aliphatic rings. The quantitative estimate of drug-likeness (QED) is 0.789. The summed E-state index contributed by atoms with van der Waals surface area (Å²) in [5.74, 6) is 0.545. The lowest BCUT2D eigenvalue weighted by atomic mass is 9.90. The Morgan fingerprint density at radius 2 is 2.21 bits per heavy atom. The highest BCUT2D eigenvalue weighted by molar-refractivity contribution is 5.77. The number of nitrogens with two attached hydrogens (primary N) is 1. The Morgan fingerprint density at radius 3 is 2.74 bits per heavy atom. The summed E-state index contributed by atoms with van der Waals surface area (Å²) < 4.78 is 0. The van der Waals surface area contributed by atoms with Gasteiger partial charge in [0.1, 0.15) is 0 Å². The number of aryl methyl sites for hydroxylation is 1. The number of nitrogens with zero attached hydrogens (tertiary/aromatic N) is 1. The van der Waals surface area contributed by atoms with Crippen molar-refractivity contribution in [2.45, 2.75) is 45.6 Å². The van der Waals surface area contributed by atoms with Crippen molar-refractivity contribution in [2.75, 3.05) is 6.54 Å². The molecule has 106 valence electrons. The molecule has 0 aliphatic heterocycles. The second-order valence-corrected chi connectivity index (χ2v) is 5.73. The number of carbonyl (C=O) groups excluding carboxylic acids is 1. The van der Waals surface area contributed by atoms with Crippen molar-refractivity contribution in [1.29, 1.82) is 0 Å². The maximum absolute atomic E-state index is 12.0. The zero-order chi connectivity index (χ0) is 14.3. The molecule has 0 radical (unpaired) electrons. The van der Waals surface area contributed by atoms with Gasteiger partial charge in [0, 0.05) is 30.4 Å². The van der Waals surface area contributed by atoms with E-state index in [2.05, 4.69) is 24.1 Å². The maximum atomic E-state index is 12.0. The maximum Gasteiger partial charge on any atom is 0.220 e. The van der Waals surface area contributed by atoms with E-state index in [9.17, 15) is 4.79 Å². The van der Waals surface area contributed by atoms with Gasteiger partial charge >= 0.3 is 0 Å². The van der Waals surface area contributed by atoms with Crippen LogP contribution in [-0.2, 0) is 11.2 Å². The Balaban J connectivity index is 2.45. The fraction of sp³-hybridized carbons (Fsp3) is 0.600. The molecule has 0 aromatic carbocycles. The molecule has 19 heavy (non-hydrogen) atoms. The second-order valence-electron chi connectivity index (χ2n) is 5.73. The van der Waals surface area contributed by atoms with Crippen molar-refractivity contribution >= 4 is 5.91 Å². The van der Waals surface area contributed by atoms with Crippen molar-refractivity contribution in [3.63, 3.8) is 0 Å². The third kappa shape index (κ3) is 5.83. The molecule has 1 aromatic rings. The Hall–Kier alpha value is -1.42. The van der Waals surface area contributed by atoms with Gasteiger partial charge in [0.2, 0.25) is 5.91 Å². The topological polar surface area (TPSA) is 68.0 Å². The minimum atomic E-state index is -0.310. The molecule has 0 bridgehead atoms. The van der Waals surface area contributed by atoms with Gasteiger partial charge in [-0.3, -0.25) is 9.78 Å². The van der Waals surface area contributed by atoms with Gasteiger partial charge in [-0.15, -0.1) is 0 Å². The highest BCUT2D eigenvalue weighted by atomic mass is 16.1. The molecule has 4 heteroatoms. The zero-order valence-electron chi connectivity index (χ0n) is 12.1. The highest BCUT2D eigenvalue weighted by Crippen LogP contribution is 2.15. The molecule has 0 aliphatic carbocycles. The van der Waals surface area contributed by atoms with Crippen LogP contribution in [0.15, 0.2) is 24.4 Å². The van der Waals surface area contributed by atoms with Crippen LogP contribution in [0, 0.1) is 5.92 Å². The molecule has 1 unspecified atom stereocenters. The summed E-state index contributed by atoms with van der Waals surface area (Å²) in [5, 5.41) is 3.05. The molecule has 0 saturated carbocycles. The predicted molar refractivity (Wildman–Crippen MR) is 77.6 cm³/mol. The molecular weight excluding hydrogens is 238 g/mol. The number of rotatable bonds is 7. The molecule has 1 rings (SSSR count).